The van der Waals surface area contributed by atoms with E-state index < -0.39 is 0 Å². The molecule has 0 aliphatic rings. The zero-order chi connectivity index (χ0) is 5.82. The molecule has 1 heteroatoms. The molecule has 0 aromatic heterocycles. The molecule has 8 heavy (non-hydrogen) atoms. The summed E-state index contributed by atoms with van der Waals surface area (Å²) in [4.78, 5) is 0. The summed E-state index contributed by atoms with van der Waals surface area (Å²) in [5.41, 5.74) is 0. The fourth-order valence-electron chi connectivity index (χ4n) is 0.541. The first-order valence-corrected chi connectivity index (χ1v) is 3.61. The molecule has 1 aromatic carbocycles. The van der Waals surface area contributed by atoms with Crippen molar-refractivity contribution < 1.29 is 10.8 Å². The maximum absolute atomic E-state index is 2.19. The van der Waals surface area contributed by atoms with Crippen LogP contribution in [0, 0.1) is 10.8 Å². The van der Waals surface area contributed by atoms with E-state index in [0.29, 0.717) is 0 Å². The van der Waals surface area contributed by atoms with Gasteiger partial charge in [0, 0.05) is 12.1 Å². The molecule has 0 amide bonds. The van der Waals surface area contributed by atoms with Crippen LogP contribution in [0.15, 0.2) is 30.3 Å². The van der Waals surface area contributed by atoms with Gasteiger partial charge in [-0.25, -0.2) is 0 Å². The Kier molecular flexibility index (Phi) is 1.93. The highest BCUT2D eigenvalue weighted by atomic mass is 35.5. The monoisotopic (exact) mass is 127 g/mol. The highest BCUT2D eigenvalue weighted by Gasteiger charge is 1.96. The van der Waals surface area contributed by atoms with Crippen LogP contribution in [0.2, 0.25) is 5.02 Å². The third-order valence-electron chi connectivity index (χ3n) is 0.951. The molecule has 1 rings (SSSR count). The molecule has 1 aromatic rings. The predicted molar refractivity (Wildman–Crippen MR) is 31.5 cm³/mol. The average Bonchev–Trinajstić information content (AvgIpc) is 1.90. The van der Waals surface area contributed by atoms with Crippen molar-refractivity contribution in [3.8, 4) is 0 Å². The molecular formula is C7H8Cl+. The minimum Gasteiger partial charge on any atom is -0.0619 e. The van der Waals surface area contributed by atoms with Gasteiger partial charge in [0.1, 0.15) is 0 Å². The van der Waals surface area contributed by atoms with Crippen LogP contribution >= 0.6 is 0 Å². The lowest BCUT2D eigenvalue weighted by atomic mass is 10.4. The lowest BCUT2D eigenvalue weighted by Crippen LogP contribution is -1.72. The summed E-state index contributed by atoms with van der Waals surface area (Å²) in [7, 11) is 2.19. The van der Waals surface area contributed by atoms with Crippen LogP contribution in [0.4, 0.5) is 0 Å². The molecule has 0 heterocycles. The van der Waals surface area contributed by atoms with E-state index in [1.807, 2.05) is 24.6 Å². The maximum atomic E-state index is 2.19. The van der Waals surface area contributed by atoms with Gasteiger partial charge in [-0.05, 0) is 0 Å². The smallest absolute Gasteiger partial charge is 0.0619 e. The zero-order valence-corrected chi connectivity index (χ0v) is 5.52. The molecular weight excluding hydrogens is 120 g/mol. The molecule has 0 saturated heterocycles. The van der Waals surface area contributed by atoms with Gasteiger partial charge in [-0.2, -0.15) is 0 Å². The van der Waals surface area contributed by atoms with E-state index in [2.05, 4.69) is 22.9 Å². The van der Waals surface area contributed by atoms with Gasteiger partial charge in [-0.15, -0.1) is 0 Å². The van der Waals surface area contributed by atoms with Gasteiger partial charge in [-0.3, -0.25) is 0 Å². The van der Waals surface area contributed by atoms with Gasteiger partial charge in [-0.1, -0.05) is 18.2 Å². The quantitative estimate of drug-likeness (QED) is 0.505. The molecule has 0 spiro atoms. The van der Waals surface area contributed by atoms with Crippen LogP contribution in [0.25, 0.3) is 0 Å². The third-order valence-corrected chi connectivity index (χ3v) is 1.64. The Bertz CT molecular complexity index is 146. The van der Waals surface area contributed by atoms with Crippen LogP contribution in [-0.2, 0) is 0 Å². The second-order valence-electron chi connectivity index (χ2n) is 1.48. The van der Waals surface area contributed by atoms with Gasteiger partial charge >= 0.3 is 0 Å². The van der Waals surface area contributed by atoms with E-state index in [1.165, 1.54) is 5.02 Å². The Morgan fingerprint density at radius 1 is 1.12 bits per heavy atom. The SMILES string of the molecule is C[Cl+]c1ccccc1. The van der Waals surface area contributed by atoms with E-state index >= 15 is 0 Å². The first-order chi connectivity index (χ1) is 3.93. The van der Waals surface area contributed by atoms with E-state index in [-0.39, 0.29) is 0 Å². The van der Waals surface area contributed by atoms with Crippen molar-refractivity contribution in [3.05, 3.63) is 35.4 Å². The number of halogens is 1. The highest BCUT2D eigenvalue weighted by Crippen LogP contribution is 1.99. The summed E-state index contributed by atoms with van der Waals surface area (Å²) in [6, 6.07) is 10.2. The summed E-state index contributed by atoms with van der Waals surface area (Å²) in [5.74, 6) is 0. The zero-order valence-electron chi connectivity index (χ0n) is 4.76. The summed E-state index contributed by atoms with van der Waals surface area (Å²) >= 11 is 0. The molecule has 0 aliphatic heterocycles. The molecule has 0 atom stereocenters. The predicted octanol–water partition coefficient (Wildman–Crippen LogP) is 1.82. The highest BCUT2D eigenvalue weighted by molar-refractivity contribution is 5.08. The Morgan fingerprint density at radius 2 is 1.75 bits per heavy atom. The second-order valence-corrected chi connectivity index (χ2v) is 2.30. The normalized spacial score (nSPS) is 9.12. The summed E-state index contributed by atoms with van der Waals surface area (Å²) in [6.45, 7) is 0. The Hall–Kier alpha value is -0.490. The average molecular weight is 128 g/mol. The van der Waals surface area contributed by atoms with Crippen molar-refractivity contribution in [1.82, 2.24) is 0 Å². The largest absolute Gasteiger partial charge is 0.227 e. The first kappa shape index (κ1) is 5.64. The van der Waals surface area contributed by atoms with Crippen molar-refractivity contribution in [3.63, 3.8) is 0 Å². The Morgan fingerprint density at radius 3 is 2.12 bits per heavy atom. The molecule has 0 aliphatic carbocycles. The lowest BCUT2D eigenvalue weighted by molar-refractivity contribution is -0.566. The standard InChI is InChI=1S/C7H8Cl/c1-8-7-5-3-2-4-6-7/h2-6H,1H3/q+1. The third kappa shape index (κ3) is 1.24. The number of rotatable bonds is 1. The van der Waals surface area contributed by atoms with Crippen LogP contribution in [-0.4, -0.2) is 6.38 Å². The van der Waals surface area contributed by atoms with Crippen molar-refractivity contribution >= 4 is 0 Å². The lowest BCUT2D eigenvalue weighted by Gasteiger charge is -1.76. The first-order valence-electron chi connectivity index (χ1n) is 2.48. The van der Waals surface area contributed by atoms with Gasteiger partial charge in [0.2, 0.25) is 5.02 Å². The number of hydrogen-bond acceptors (Lipinski definition) is 0. The van der Waals surface area contributed by atoms with E-state index in [4.69, 9.17) is 0 Å². The Balaban J connectivity index is 2.83. The Labute approximate surface area is 53.3 Å². The summed E-state index contributed by atoms with van der Waals surface area (Å²) < 4.78 is 0. The summed E-state index contributed by atoms with van der Waals surface area (Å²) in [5, 5.41) is 1.27. The minimum atomic E-state index is 1.27. The number of hydrogen-bond donors (Lipinski definition) is 0. The second kappa shape index (κ2) is 2.73. The van der Waals surface area contributed by atoms with E-state index in [1.54, 1.807) is 0 Å². The molecule has 0 radical (unpaired) electrons. The van der Waals surface area contributed by atoms with E-state index in [9.17, 15) is 0 Å². The molecule has 42 valence electrons. The van der Waals surface area contributed by atoms with Crippen LogP contribution in [0.3, 0.4) is 0 Å². The molecule has 0 bridgehead atoms. The van der Waals surface area contributed by atoms with Gasteiger partial charge < -0.3 is 0 Å². The topological polar surface area (TPSA) is 0 Å². The fourth-order valence-corrected chi connectivity index (χ4v) is 0.938. The van der Waals surface area contributed by atoms with E-state index in [0.717, 1.165) is 0 Å². The minimum absolute atomic E-state index is 1.27. The van der Waals surface area contributed by atoms with Crippen molar-refractivity contribution in [1.29, 1.82) is 0 Å². The van der Waals surface area contributed by atoms with Crippen molar-refractivity contribution in [2.24, 2.45) is 0 Å². The van der Waals surface area contributed by atoms with Crippen molar-refractivity contribution in [2.75, 3.05) is 6.38 Å². The van der Waals surface area contributed by atoms with Crippen LogP contribution in [0.1, 0.15) is 0 Å². The number of alkyl halides is 1. The fraction of sp³-hybridized carbons (Fsp3) is 0.143. The molecule has 0 unspecified atom stereocenters. The van der Waals surface area contributed by atoms with Gasteiger partial charge in [0.15, 0.2) is 17.2 Å². The molecule has 0 N–H and O–H groups in total. The van der Waals surface area contributed by atoms with Gasteiger partial charge in [0.25, 0.3) is 0 Å². The van der Waals surface area contributed by atoms with Gasteiger partial charge in [0.05, 0.1) is 0 Å². The van der Waals surface area contributed by atoms with Crippen molar-refractivity contribution in [2.45, 2.75) is 0 Å². The van der Waals surface area contributed by atoms with Crippen LogP contribution < -0.4 is 0 Å². The van der Waals surface area contributed by atoms with Crippen LogP contribution in [0.5, 0.6) is 0 Å². The number of benzene rings is 1. The maximum Gasteiger partial charge on any atom is 0.227 e. The summed E-state index contributed by atoms with van der Waals surface area (Å²) in [6.07, 6.45) is 2.02. The molecule has 0 saturated carbocycles. The molecule has 0 nitrogen and oxygen atoms in total. The molecule has 0 fully saturated rings.